The summed E-state index contributed by atoms with van der Waals surface area (Å²) in [6.07, 6.45) is 0. The van der Waals surface area contributed by atoms with Gasteiger partial charge in [0.15, 0.2) is 5.82 Å². The number of rotatable bonds is 4. The summed E-state index contributed by atoms with van der Waals surface area (Å²) in [5.74, 6) is 1.65. The molecular formula is C28H24N4. The number of aromatic nitrogens is 4. The molecule has 32 heavy (non-hydrogen) atoms. The van der Waals surface area contributed by atoms with Gasteiger partial charge in [0.25, 0.3) is 0 Å². The second-order valence-electron chi connectivity index (χ2n) is 7.97. The molecule has 4 nitrogen and oxygen atoms in total. The van der Waals surface area contributed by atoms with E-state index < -0.39 is 0 Å². The Kier molecular flexibility index (Phi) is 5.12. The van der Waals surface area contributed by atoms with Crippen LogP contribution in [0, 0.1) is 20.8 Å². The molecule has 0 N–H and O–H groups in total. The van der Waals surface area contributed by atoms with Gasteiger partial charge in [0.1, 0.15) is 5.82 Å². The molecule has 2 heterocycles. The van der Waals surface area contributed by atoms with E-state index in [1.807, 2.05) is 38.1 Å². The van der Waals surface area contributed by atoms with Crippen molar-refractivity contribution in [1.29, 1.82) is 0 Å². The zero-order valence-electron chi connectivity index (χ0n) is 18.4. The van der Waals surface area contributed by atoms with Gasteiger partial charge in [0, 0.05) is 22.5 Å². The Morgan fingerprint density at radius 1 is 0.625 bits per heavy atom. The lowest BCUT2D eigenvalue weighted by molar-refractivity contribution is 0.971. The summed E-state index contributed by atoms with van der Waals surface area (Å²) in [6.45, 7) is 6.14. The number of aryl methyl sites for hydroxylation is 3. The molecule has 0 saturated carbocycles. The molecule has 0 aliphatic carbocycles. The third kappa shape index (κ3) is 3.60. The van der Waals surface area contributed by atoms with Crippen LogP contribution in [0.25, 0.3) is 39.5 Å². The molecule has 0 radical (unpaired) electrons. The standard InChI is InChI=1S/C28H24N4/c1-19-14-15-23(22-10-6-4-7-11-22)18-26(19)27-17-16-25(20(2)29-27)28-31-30-21(3)32(28)24-12-8-5-9-13-24/h4-18H,1-3H3. The highest BCUT2D eigenvalue weighted by Gasteiger charge is 2.16. The summed E-state index contributed by atoms with van der Waals surface area (Å²) in [6, 6.07) is 31.4. The molecule has 156 valence electrons. The summed E-state index contributed by atoms with van der Waals surface area (Å²) < 4.78 is 2.07. The Labute approximate surface area is 188 Å². The fourth-order valence-electron chi connectivity index (χ4n) is 4.08. The van der Waals surface area contributed by atoms with Crippen molar-refractivity contribution in [2.24, 2.45) is 0 Å². The first-order chi connectivity index (χ1) is 15.6. The van der Waals surface area contributed by atoms with Gasteiger partial charge in [-0.25, -0.2) is 0 Å². The molecule has 4 heteroatoms. The highest BCUT2D eigenvalue weighted by Crippen LogP contribution is 2.31. The highest BCUT2D eigenvalue weighted by molar-refractivity contribution is 5.75. The third-order valence-corrected chi connectivity index (χ3v) is 5.79. The van der Waals surface area contributed by atoms with Gasteiger partial charge in [-0.3, -0.25) is 9.55 Å². The van der Waals surface area contributed by atoms with Gasteiger partial charge in [-0.15, -0.1) is 10.2 Å². The minimum atomic E-state index is 0.806. The van der Waals surface area contributed by atoms with Crippen LogP contribution >= 0.6 is 0 Å². The van der Waals surface area contributed by atoms with E-state index in [0.717, 1.165) is 39.9 Å². The molecule has 0 atom stereocenters. The van der Waals surface area contributed by atoms with E-state index in [2.05, 4.69) is 88.4 Å². The Balaban J connectivity index is 1.58. The maximum Gasteiger partial charge on any atom is 0.170 e. The minimum absolute atomic E-state index is 0.806. The van der Waals surface area contributed by atoms with Crippen molar-refractivity contribution in [1.82, 2.24) is 19.7 Å². The molecular weight excluding hydrogens is 392 g/mol. The number of hydrogen-bond acceptors (Lipinski definition) is 3. The summed E-state index contributed by atoms with van der Waals surface area (Å²) >= 11 is 0. The van der Waals surface area contributed by atoms with Gasteiger partial charge < -0.3 is 0 Å². The van der Waals surface area contributed by atoms with Gasteiger partial charge in [0.05, 0.1) is 5.69 Å². The molecule has 0 amide bonds. The molecule has 0 aliphatic heterocycles. The van der Waals surface area contributed by atoms with Gasteiger partial charge in [-0.1, -0.05) is 60.7 Å². The lowest BCUT2D eigenvalue weighted by Crippen LogP contribution is -2.02. The van der Waals surface area contributed by atoms with Crippen molar-refractivity contribution < 1.29 is 0 Å². The molecule has 0 aliphatic rings. The van der Waals surface area contributed by atoms with Crippen LogP contribution in [-0.2, 0) is 0 Å². The van der Waals surface area contributed by atoms with Gasteiger partial charge >= 0.3 is 0 Å². The molecule has 0 bridgehead atoms. The first kappa shape index (κ1) is 19.9. The van der Waals surface area contributed by atoms with Crippen molar-refractivity contribution in [2.45, 2.75) is 20.8 Å². The van der Waals surface area contributed by atoms with E-state index in [9.17, 15) is 0 Å². The van der Waals surface area contributed by atoms with E-state index in [-0.39, 0.29) is 0 Å². The molecule has 5 aromatic rings. The maximum absolute atomic E-state index is 4.98. The van der Waals surface area contributed by atoms with E-state index in [1.54, 1.807) is 0 Å². The summed E-state index contributed by atoms with van der Waals surface area (Å²) in [7, 11) is 0. The Morgan fingerprint density at radius 3 is 2.06 bits per heavy atom. The van der Waals surface area contributed by atoms with Gasteiger partial charge in [-0.05, 0) is 67.8 Å². The number of nitrogens with zero attached hydrogens (tertiary/aromatic N) is 4. The van der Waals surface area contributed by atoms with Crippen LogP contribution in [0.1, 0.15) is 17.1 Å². The first-order valence-electron chi connectivity index (χ1n) is 10.7. The molecule has 0 fully saturated rings. The smallest absolute Gasteiger partial charge is 0.170 e. The largest absolute Gasteiger partial charge is 0.279 e. The summed E-state index contributed by atoms with van der Waals surface area (Å²) in [4.78, 5) is 4.98. The molecule has 0 saturated heterocycles. The lowest BCUT2D eigenvalue weighted by Gasteiger charge is -2.13. The number of hydrogen-bond donors (Lipinski definition) is 0. The molecule has 5 rings (SSSR count). The quantitative estimate of drug-likeness (QED) is 0.332. The number of para-hydroxylation sites is 1. The lowest BCUT2D eigenvalue weighted by atomic mass is 9.97. The molecule has 3 aromatic carbocycles. The Hall–Kier alpha value is -4.05. The van der Waals surface area contributed by atoms with E-state index in [0.29, 0.717) is 0 Å². The van der Waals surface area contributed by atoms with Crippen LogP contribution < -0.4 is 0 Å². The van der Waals surface area contributed by atoms with Crippen molar-refractivity contribution in [3.8, 4) is 39.5 Å². The zero-order chi connectivity index (χ0) is 22.1. The van der Waals surface area contributed by atoms with Crippen LogP contribution in [0.15, 0.2) is 91.0 Å². The molecule has 2 aromatic heterocycles. The van der Waals surface area contributed by atoms with E-state index >= 15 is 0 Å². The zero-order valence-corrected chi connectivity index (χ0v) is 18.4. The van der Waals surface area contributed by atoms with Crippen LogP contribution in [-0.4, -0.2) is 19.7 Å². The van der Waals surface area contributed by atoms with Crippen LogP contribution in [0.4, 0.5) is 0 Å². The second-order valence-corrected chi connectivity index (χ2v) is 7.97. The van der Waals surface area contributed by atoms with Gasteiger partial charge in [0.2, 0.25) is 0 Å². The van der Waals surface area contributed by atoms with Crippen molar-refractivity contribution in [2.75, 3.05) is 0 Å². The average Bonchev–Trinajstić information content (AvgIpc) is 3.21. The molecule has 0 spiro atoms. The summed E-state index contributed by atoms with van der Waals surface area (Å²) in [5, 5.41) is 8.81. The number of benzene rings is 3. The van der Waals surface area contributed by atoms with Crippen molar-refractivity contribution >= 4 is 0 Å². The van der Waals surface area contributed by atoms with Crippen LogP contribution in [0.5, 0.6) is 0 Å². The minimum Gasteiger partial charge on any atom is -0.279 e. The third-order valence-electron chi connectivity index (χ3n) is 5.79. The highest BCUT2D eigenvalue weighted by atomic mass is 15.3. The van der Waals surface area contributed by atoms with E-state index in [4.69, 9.17) is 4.98 Å². The Morgan fingerprint density at radius 2 is 1.34 bits per heavy atom. The second kappa shape index (κ2) is 8.23. The maximum atomic E-state index is 4.98. The van der Waals surface area contributed by atoms with Gasteiger partial charge in [-0.2, -0.15) is 0 Å². The van der Waals surface area contributed by atoms with E-state index in [1.165, 1.54) is 16.7 Å². The topological polar surface area (TPSA) is 43.6 Å². The first-order valence-corrected chi connectivity index (χ1v) is 10.7. The SMILES string of the molecule is Cc1ccc(-c2ccccc2)cc1-c1ccc(-c2nnc(C)n2-c2ccccc2)c(C)n1. The van der Waals surface area contributed by atoms with Crippen molar-refractivity contribution in [3.63, 3.8) is 0 Å². The fourth-order valence-corrected chi connectivity index (χ4v) is 4.08. The predicted molar refractivity (Wildman–Crippen MR) is 130 cm³/mol. The Bertz CT molecular complexity index is 1390. The monoisotopic (exact) mass is 416 g/mol. The average molecular weight is 417 g/mol. The van der Waals surface area contributed by atoms with Crippen LogP contribution in [0.3, 0.4) is 0 Å². The summed E-state index contributed by atoms with van der Waals surface area (Å²) in [5.41, 5.74) is 8.65. The normalized spacial score (nSPS) is 11.0. The van der Waals surface area contributed by atoms with Crippen LogP contribution in [0.2, 0.25) is 0 Å². The van der Waals surface area contributed by atoms with Crippen molar-refractivity contribution in [3.05, 3.63) is 108 Å². The fraction of sp³-hybridized carbons (Fsp3) is 0.107. The molecule has 0 unspecified atom stereocenters. The number of pyridine rings is 1. The predicted octanol–water partition coefficient (Wildman–Crippen LogP) is 6.59.